The van der Waals surface area contributed by atoms with Crippen molar-refractivity contribution in [3.8, 4) is 0 Å². The summed E-state index contributed by atoms with van der Waals surface area (Å²) in [5.41, 5.74) is -1.84. The normalized spacial score (nSPS) is 23.9. The number of nitrogens with one attached hydrogen (secondary N) is 2. The Morgan fingerprint density at radius 3 is 2.79 bits per heavy atom. The Kier molecular flexibility index (Phi) is 5.96. The molecule has 0 saturated carbocycles. The van der Waals surface area contributed by atoms with Crippen LogP contribution in [0, 0.1) is 6.92 Å². The first kappa shape index (κ1) is 21.0. The van der Waals surface area contributed by atoms with Crippen LogP contribution in [-0.2, 0) is 22.6 Å². The standard InChI is InChI=1S/C20H22Cl2FN3O2/c1-12-8-13(21)9-16(22)14(12)10-26-18(27)20(23)6-5-19(28,11-24-2)17-15(20)4-3-7-25-17/h3-4,7-9,24,28H,5-6,10-11H2,1-2H3,(H,26,27). The summed E-state index contributed by atoms with van der Waals surface area (Å²) < 4.78 is 15.9. The van der Waals surface area contributed by atoms with Gasteiger partial charge in [-0.3, -0.25) is 9.78 Å². The quantitative estimate of drug-likeness (QED) is 0.686. The van der Waals surface area contributed by atoms with Gasteiger partial charge < -0.3 is 15.7 Å². The number of hydrogen-bond acceptors (Lipinski definition) is 4. The molecule has 0 saturated heterocycles. The van der Waals surface area contributed by atoms with Gasteiger partial charge in [0.15, 0.2) is 0 Å². The lowest BCUT2D eigenvalue weighted by atomic mass is 9.74. The summed E-state index contributed by atoms with van der Waals surface area (Å²) in [4.78, 5) is 17.0. The molecule has 2 atom stereocenters. The maximum absolute atomic E-state index is 15.9. The molecule has 2 aromatic rings. The zero-order valence-electron chi connectivity index (χ0n) is 15.7. The van der Waals surface area contributed by atoms with Crippen LogP contribution in [0.15, 0.2) is 30.5 Å². The lowest BCUT2D eigenvalue weighted by Gasteiger charge is -2.39. The van der Waals surface area contributed by atoms with E-state index in [1.54, 1.807) is 25.2 Å². The lowest BCUT2D eigenvalue weighted by molar-refractivity contribution is -0.137. The molecule has 1 aromatic carbocycles. The molecule has 1 amide bonds. The molecule has 0 radical (unpaired) electrons. The topological polar surface area (TPSA) is 74.2 Å². The first-order valence-corrected chi connectivity index (χ1v) is 9.71. The number of aromatic nitrogens is 1. The molecule has 1 aliphatic carbocycles. The van der Waals surface area contributed by atoms with E-state index in [-0.39, 0.29) is 37.2 Å². The number of aliphatic hydroxyl groups is 1. The van der Waals surface area contributed by atoms with Crippen molar-refractivity contribution in [2.75, 3.05) is 13.6 Å². The highest BCUT2D eigenvalue weighted by Crippen LogP contribution is 2.45. The number of nitrogens with zero attached hydrogens (tertiary/aromatic N) is 1. The second-order valence-corrected chi connectivity index (χ2v) is 7.97. The average Bonchev–Trinajstić information content (AvgIpc) is 2.64. The molecule has 0 bridgehead atoms. The van der Waals surface area contributed by atoms with E-state index < -0.39 is 17.2 Å². The summed E-state index contributed by atoms with van der Waals surface area (Å²) >= 11 is 12.2. The second-order valence-electron chi connectivity index (χ2n) is 7.13. The van der Waals surface area contributed by atoms with Crippen LogP contribution < -0.4 is 10.6 Å². The number of benzene rings is 1. The largest absolute Gasteiger partial charge is 0.382 e. The van der Waals surface area contributed by atoms with Gasteiger partial charge in [-0.05, 0) is 56.1 Å². The first-order valence-electron chi connectivity index (χ1n) is 8.96. The predicted octanol–water partition coefficient (Wildman–Crippen LogP) is 3.38. The minimum absolute atomic E-state index is 0.0719. The van der Waals surface area contributed by atoms with Crippen molar-refractivity contribution in [3.63, 3.8) is 0 Å². The van der Waals surface area contributed by atoms with Crippen molar-refractivity contribution in [1.29, 1.82) is 0 Å². The Hall–Kier alpha value is -1.73. The fourth-order valence-corrected chi connectivity index (χ4v) is 4.36. The summed E-state index contributed by atoms with van der Waals surface area (Å²) in [6.07, 6.45) is 1.41. The summed E-state index contributed by atoms with van der Waals surface area (Å²) in [5, 5.41) is 17.3. The molecule has 5 nitrogen and oxygen atoms in total. The van der Waals surface area contributed by atoms with Crippen LogP contribution >= 0.6 is 23.2 Å². The van der Waals surface area contributed by atoms with Gasteiger partial charge in [-0.2, -0.15) is 0 Å². The average molecular weight is 426 g/mol. The summed E-state index contributed by atoms with van der Waals surface area (Å²) in [7, 11) is 1.70. The maximum Gasteiger partial charge on any atom is 0.262 e. The molecule has 8 heteroatoms. The van der Waals surface area contributed by atoms with Crippen LogP contribution in [0.3, 0.4) is 0 Å². The smallest absolute Gasteiger partial charge is 0.262 e. The third kappa shape index (κ3) is 3.74. The third-order valence-corrected chi connectivity index (χ3v) is 5.75. The van der Waals surface area contributed by atoms with E-state index in [1.165, 1.54) is 12.3 Å². The van der Waals surface area contributed by atoms with Crippen LogP contribution in [0.2, 0.25) is 10.0 Å². The van der Waals surface area contributed by atoms with E-state index in [1.807, 2.05) is 6.92 Å². The molecule has 0 spiro atoms. The van der Waals surface area contributed by atoms with Crippen molar-refractivity contribution >= 4 is 29.1 Å². The zero-order chi connectivity index (χ0) is 20.5. The van der Waals surface area contributed by atoms with Crippen LogP contribution in [0.4, 0.5) is 4.39 Å². The van der Waals surface area contributed by atoms with E-state index >= 15 is 4.39 Å². The third-order valence-electron chi connectivity index (χ3n) is 5.20. The van der Waals surface area contributed by atoms with Crippen LogP contribution in [0.1, 0.15) is 35.2 Å². The number of carbonyl (C=O) groups is 1. The molecule has 1 aliphatic rings. The summed E-state index contributed by atoms with van der Waals surface area (Å²) in [6, 6.07) is 6.38. The van der Waals surface area contributed by atoms with Gasteiger partial charge in [0.1, 0.15) is 5.60 Å². The number of halogens is 3. The van der Waals surface area contributed by atoms with Crippen molar-refractivity contribution in [1.82, 2.24) is 15.6 Å². The molecule has 1 aromatic heterocycles. The molecule has 2 unspecified atom stereocenters. The van der Waals surface area contributed by atoms with Gasteiger partial charge in [-0.25, -0.2) is 4.39 Å². The number of hydrogen-bond donors (Lipinski definition) is 3. The van der Waals surface area contributed by atoms with Gasteiger partial charge in [-0.15, -0.1) is 0 Å². The second kappa shape index (κ2) is 7.95. The minimum atomic E-state index is -2.28. The molecule has 3 rings (SSSR count). The number of pyridine rings is 1. The highest BCUT2D eigenvalue weighted by Gasteiger charge is 2.51. The molecule has 0 fully saturated rings. The Bertz CT molecular complexity index is 888. The van der Waals surface area contributed by atoms with Crippen molar-refractivity contribution < 1.29 is 14.3 Å². The molecule has 150 valence electrons. The van der Waals surface area contributed by atoms with Crippen LogP contribution in [0.25, 0.3) is 0 Å². The number of rotatable bonds is 5. The fourth-order valence-electron chi connectivity index (χ4n) is 3.69. The monoisotopic (exact) mass is 425 g/mol. The summed E-state index contributed by atoms with van der Waals surface area (Å²) in [6.45, 7) is 2.11. The van der Waals surface area contributed by atoms with E-state index in [0.717, 1.165) is 5.56 Å². The number of likely N-dealkylation sites (N-methyl/N-ethyl adjacent to an activating group) is 1. The van der Waals surface area contributed by atoms with Crippen molar-refractivity contribution in [2.24, 2.45) is 0 Å². The predicted molar refractivity (Wildman–Crippen MR) is 107 cm³/mol. The molecule has 3 N–H and O–H groups in total. The van der Waals surface area contributed by atoms with Crippen LogP contribution in [-0.4, -0.2) is 29.6 Å². The SMILES string of the molecule is CNCC1(O)CCC(F)(C(=O)NCc2c(C)cc(Cl)cc2Cl)c2cccnc21. The van der Waals surface area contributed by atoms with Crippen molar-refractivity contribution in [2.45, 2.75) is 37.6 Å². The Morgan fingerprint density at radius 1 is 1.36 bits per heavy atom. The molecule has 28 heavy (non-hydrogen) atoms. The van der Waals surface area contributed by atoms with Gasteiger partial charge in [0.2, 0.25) is 5.67 Å². The summed E-state index contributed by atoms with van der Waals surface area (Å²) in [5.74, 6) is -0.779. The van der Waals surface area contributed by atoms with Gasteiger partial charge in [0, 0.05) is 34.9 Å². The Morgan fingerprint density at radius 2 is 2.11 bits per heavy atom. The van der Waals surface area contributed by atoms with E-state index in [4.69, 9.17) is 23.2 Å². The molecular formula is C20H22Cl2FN3O2. The van der Waals surface area contributed by atoms with Crippen LogP contribution in [0.5, 0.6) is 0 Å². The van der Waals surface area contributed by atoms with Gasteiger partial charge in [0.25, 0.3) is 5.91 Å². The van der Waals surface area contributed by atoms with Crippen molar-refractivity contribution in [3.05, 3.63) is 62.9 Å². The van der Waals surface area contributed by atoms with Gasteiger partial charge in [-0.1, -0.05) is 29.3 Å². The number of fused-ring (bicyclic) bond motifs is 1. The Balaban J connectivity index is 1.87. The number of amides is 1. The lowest BCUT2D eigenvalue weighted by Crippen LogP contribution is -2.50. The van der Waals surface area contributed by atoms with Gasteiger partial charge in [0.05, 0.1) is 5.69 Å². The van der Waals surface area contributed by atoms with E-state index in [9.17, 15) is 9.90 Å². The molecule has 0 aliphatic heterocycles. The highest BCUT2D eigenvalue weighted by atomic mass is 35.5. The maximum atomic E-state index is 15.9. The first-order chi connectivity index (χ1) is 13.2. The number of alkyl halides is 1. The minimum Gasteiger partial charge on any atom is -0.382 e. The fraction of sp³-hybridized carbons (Fsp3) is 0.400. The number of aryl methyl sites for hydroxylation is 1. The van der Waals surface area contributed by atoms with E-state index in [2.05, 4.69) is 15.6 Å². The Labute approximate surface area is 173 Å². The highest BCUT2D eigenvalue weighted by molar-refractivity contribution is 6.35. The zero-order valence-corrected chi connectivity index (χ0v) is 17.2. The van der Waals surface area contributed by atoms with Gasteiger partial charge >= 0.3 is 0 Å². The molecular weight excluding hydrogens is 404 g/mol. The number of carbonyl (C=O) groups excluding carboxylic acids is 1. The molecule has 1 heterocycles. The van der Waals surface area contributed by atoms with E-state index in [0.29, 0.717) is 15.6 Å².